The molecule has 1 aliphatic carbocycles. The van der Waals surface area contributed by atoms with Crippen LogP contribution in [-0.4, -0.2) is 6.29 Å². The largest absolute Gasteiger partial charge is 0.295 e. The third kappa shape index (κ3) is 1.66. The van der Waals surface area contributed by atoms with Crippen molar-refractivity contribution in [2.75, 3.05) is 0 Å². The number of hydrogen-bond acceptors (Lipinski definition) is 1. The van der Waals surface area contributed by atoms with E-state index in [4.69, 9.17) is 0 Å². The molecule has 0 aromatic carbocycles. The standard InChI is InChI=1S/C8H11FO/c9-8(6-10)7-4-2-1-3-5-7/h6H,1-5H2. The highest BCUT2D eigenvalue weighted by molar-refractivity contribution is 5.71. The Kier molecular flexibility index (Phi) is 2.60. The van der Waals surface area contributed by atoms with Crippen LogP contribution in [0.4, 0.5) is 4.39 Å². The Bertz CT molecular complexity index is 153. The van der Waals surface area contributed by atoms with Gasteiger partial charge in [-0.1, -0.05) is 6.42 Å². The molecule has 0 saturated heterocycles. The maximum absolute atomic E-state index is 12.5. The Morgan fingerprint density at radius 3 is 2.40 bits per heavy atom. The molecule has 10 heavy (non-hydrogen) atoms. The van der Waals surface area contributed by atoms with Crippen LogP contribution in [-0.2, 0) is 4.79 Å². The van der Waals surface area contributed by atoms with Crippen LogP contribution >= 0.6 is 0 Å². The second-order valence-electron chi connectivity index (χ2n) is 2.63. The number of allylic oxidation sites excluding steroid dienone is 2. The fourth-order valence-electron chi connectivity index (χ4n) is 1.30. The molecule has 0 aromatic rings. The average molecular weight is 142 g/mol. The molecule has 0 bridgehead atoms. The topological polar surface area (TPSA) is 17.1 Å². The molecule has 0 amide bonds. The predicted octanol–water partition coefficient (Wildman–Crippen LogP) is 2.37. The minimum absolute atomic E-state index is 0.320. The van der Waals surface area contributed by atoms with E-state index in [2.05, 4.69) is 0 Å². The summed E-state index contributed by atoms with van der Waals surface area (Å²) in [6.45, 7) is 0. The molecule has 1 aliphatic rings. The maximum Gasteiger partial charge on any atom is 0.178 e. The van der Waals surface area contributed by atoms with Crippen molar-refractivity contribution in [1.82, 2.24) is 0 Å². The summed E-state index contributed by atoms with van der Waals surface area (Å²) in [6, 6.07) is 0. The molecule has 1 fully saturated rings. The zero-order valence-electron chi connectivity index (χ0n) is 5.90. The Labute approximate surface area is 59.9 Å². The number of halogens is 1. The summed E-state index contributed by atoms with van der Waals surface area (Å²) in [7, 11) is 0. The van der Waals surface area contributed by atoms with Crippen molar-refractivity contribution < 1.29 is 9.18 Å². The van der Waals surface area contributed by atoms with Crippen molar-refractivity contribution >= 4 is 6.29 Å². The number of carbonyl (C=O) groups excluding carboxylic acids is 1. The number of carbonyl (C=O) groups is 1. The molecule has 0 aliphatic heterocycles. The molecule has 0 N–H and O–H groups in total. The van der Waals surface area contributed by atoms with Gasteiger partial charge in [-0.05, 0) is 31.3 Å². The third-order valence-electron chi connectivity index (χ3n) is 1.90. The lowest BCUT2D eigenvalue weighted by molar-refractivity contribution is -0.106. The van der Waals surface area contributed by atoms with Gasteiger partial charge in [-0.15, -0.1) is 0 Å². The molecule has 0 unspecified atom stereocenters. The lowest BCUT2D eigenvalue weighted by atomic mass is 9.94. The van der Waals surface area contributed by atoms with Crippen molar-refractivity contribution in [3.63, 3.8) is 0 Å². The van der Waals surface area contributed by atoms with Crippen LogP contribution in [0.15, 0.2) is 11.4 Å². The summed E-state index contributed by atoms with van der Waals surface area (Å²) in [4.78, 5) is 9.97. The van der Waals surface area contributed by atoms with Gasteiger partial charge >= 0.3 is 0 Å². The first-order valence-corrected chi connectivity index (χ1v) is 3.67. The van der Waals surface area contributed by atoms with E-state index in [1.165, 1.54) is 6.42 Å². The number of aldehydes is 1. The summed E-state index contributed by atoms with van der Waals surface area (Å²) in [5.74, 6) is -0.528. The van der Waals surface area contributed by atoms with Crippen LogP contribution in [0.3, 0.4) is 0 Å². The molecule has 0 spiro atoms. The maximum atomic E-state index is 12.5. The van der Waals surface area contributed by atoms with Crippen LogP contribution in [0.5, 0.6) is 0 Å². The molecule has 56 valence electrons. The van der Waals surface area contributed by atoms with Gasteiger partial charge in [0.05, 0.1) is 0 Å². The monoisotopic (exact) mass is 142 g/mol. The summed E-state index contributed by atoms with van der Waals surface area (Å²) < 4.78 is 12.5. The highest BCUT2D eigenvalue weighted by atomic mass is 19.1. The fourth-order valence-corrected chi connectivity index (χ4v) is 1.30. The van der Waals surface area contributed by atoms with Gasteiger partial charge in [0, 0.05) is 0 Å². The van der Waals surface area contributed by atoms with E-state index in [1.54, 1.807) is 0 Å². The normalized spacial score (nSPS) is 18.7. The van der Waals surface area contributed by atoms with Crippen molar-refractivity contribution in [1.29, 1.82) is 0 Å². The second kappa shape index (κ2) is 3.49. The molecule has 1 nitrogen and oxygen atoms in total. The highest BCUT2D eigenvalue weighted by Gasteiger charge is 2.09. The number of hydrogen-bond donors (Lipinski definition) is 0. The molecule has 0 aromatic heterocycles. The lowest BCUT2D eigenvalue weighted by Crippen LogP contribution is -1.96. The zero-order valence-corrected chi connectivity index (χ0v) is 5.90. The first-order chi connectivity index (χ1) is 4.84. The number of rotatable bonds is 1. The SMILES string of the molecule is O=CC(F)=C1CCCCC1. The minimum Gasteiger partial charge on any atom is -0.295 e. The van der Waals surface area contributed by atoms with Gasteiger partial charge in [-0.3, -0.25) is 4.79 Å². The van der Waals surface area contributed by atoms with Crippen LogP contribution in [0.2, 0.25) is 0 Å². The van der Waals surface area contributed by atoms with E-state index < -0.39 is 5.83 Å². The Morgan fingerprint density at radius 2 is 1.90 bits per heavy atom. The van der Waals surface area contributed by atoms with E-state index in [1.807, 2.05) is 0 Å². The van der Waals surface area contributed by atoms with Crippen LogP contribution < -0.4 is 0 Å². The Morgan fingerprint density at radius 1 is 1.30 bits per heavy atom. The van der Waals surface area contributed by atoms with Gasteiger partial charge in [-0.2, -0.15) is 0 Å². The smallest absolute Gasteiger partial charge is 0.178 e. The van der Waals surface area contributed by atoms with Gasteiger partial charge in [0.1, 0.15) is 0 Å². The molecule has 0 atom stereocenters. The van der Waals surface area contributed by atoms with Gasteiger partial charge < -0.3 is 0 Å². The highest BCUT2D eigenvalue weighted by Crippen LogP contribution is 2.25. The van der Waals surface area contributed by atoms with E-state index >= 15 is 0 Å². The molecule has 0 radical (unpaired) electrons. The van der Waals surface area contributed by atoms with E-state index in [-0.39, 0.29) is 0 Å². The van der Waals surface area contributed by atoms with Gasteiger partial charge in [-0.25, -0.2) is 4.39 Å². The third-order valence-corrected chi connectivity index (χ3v) is 1.90. The second-order valence-corrected chi connectivity index (χ2v) is 2.63. The van der Waals surface area contributed by atoms with Crippen LogP contribution in [0.1, 0.15) is 32.1 Å². The Balaban J connectivity index is 2.59. The van der Waals surface area contributed by atoms with E-state index in [9.17, 15) is 9.18 Å². The van der Waals surface area contributed by atoms with Gasteiger partial charge in [0.25, 0.3) is 0 Å². The molecular weight excluding hydrogens is 131 g/mol. The summed E-state index contributed by atoms with van der Waals surface area (Å²) in [5.41, 5.74) is 0.723. The van der Waals surface area contributed by atoms with E-state index in [0.717, 1.165) is 31.3 Å². The fraction of sp³-hybridized carbons (Fsp3) is 0.625. The zero-order chi connectivity index (χ0) is 7.40. The summed E-state index contributed by atoms with van der Waals surface area (Å²) >= 11 is 0. The molecular formula is C8H11FO. The Hall–Kier alpha value is -0.660. The predicted molar refractivity (Wildman–Crippen MR) is 37.3 cm³/mol. The molecule has 1 rings (SSSR count). The first kappa shape index (κ1) is 7.45. The quantitative estimate of drug-likeness (QED) is 0.405. The summed E-state index contributed by atoms with van der Waals surface area (Å²) in [6.07, 6.45) is 5.14. The first-order valence-electron chi connectivity index (χ1n) is 3.67. The van der Waals surface area contributed by atoms with Crippen LogP contribution in [0.25, 0.3) is 0 Å². The molecule has 0 heterocycles. The molecule has 1 saturated carbocycles. The van der Waals surface area contributed by atoms with Crippen molar-refractivity contribution in [2.24, 2.45) is 0 Å². The average Bonchev–Trinajstić information content (AvgIpc) is 2.05. The van der Waals surface area contributed by atoms with Crippen molar-refractivity contribution in [2.45, 2.75) is 32.1 Å². The minimum atomic E-state index is -0.528. The van der Waals surface area contributed by atoms with Crippen molar-refractivity contribution in [3.8, 4) is 0 Å². The molecule has 2 heteroatoms. The lowest BCUT2D eigenvalue weighted by Gasteiger charge is -2.12. The van der Waals surface area contributed by atoms with Crippen molar-refractivity contribution in [3.05, 3.63) is 11.4 Å². The van der Waals surface area contributed by atoms with Gasteiger partial charge in [0.15, 0.2) is 12.1 Å². The van der Waals surface area contributed by atoms with Crippen LogP contribution in [0, 0.1) is 0 Å². The van der Waals surface area contributed by atoms with Gasteiger partial charge in [0.2, 0.25) is 0 Å². The summed E-state index contributed by atoms with van der Waals surface area (Å²) in [5, 5.41) is 0. The van der Waals surface area contributed by atoms with E-state index in [0.29, 0.717) is 6.29 Å².